The first-order chi connectivity index (χ1) is 15.6. The standard InChI is InChI=1S/C26H21ClN2O2S/c27-17-9-4-10-18(15-17)29-19-11-5-12-20(30)22(19)23(21-13-6-14-32-21)24(26(29)28)25(31)16-7-2-1-3-8-16/h1-4,6-10,13-15,23,28,31H,5,11-12H2/b25-24+,28-26?. The minimum absolute atomic E-state index is 0.0194. The van der Waals surface area contributed by atoms with Gasteiger partial charge in [-0.2, -0.15) is 0 Å². The van der Waals surface area contributed by atoms with E-state index in [1.807, 2.05) is 60.0 Å². The van der Waals surface area contributed by atoms with E-state index in [9.17, 15) is 15.3 Å². The van der Waals surface area contributed by atoms with E-state index in [-0.39, 0.29) is 17.4 Å². The Bertz CT molecular complexity index is 1260. The zero-order valence-electron chi connectivity index (χ0n) is 17.2. The van der Waals surface area contributed by atoms with Crippen LogP contribution in [0.4, 0.5) is 5.69 Å². The van der Waals surface area contributed by atoms with Gasteiger partial charge in [-0.3, -0.25) is 15.1 Å². The van der Waals surface area contributed by atoms with Gasteiger partial charge in [0.2, 0.25) is 0 Å². The summed E-state index contributed by atoms with van der Waals surface area (Å²) in [5, 5.41) is 23.2. The van der Waals surface area contributed by atoms with Crippen LogP contribution in [0.2, 0.25) is 5.02 Å². The van der Waals surface area contributed by atoms with E-state index < -0.39 is 5.92 Å². The first-order valence-corrected chi connectivity index (χ1v) is 11.7. The molecular formula is C26H21ClN2O2S. The summed E-state index contributed by atoms with van der Waals surface area (Å²) in [7, 11) is 0. The largest absolute Gasteiger partial charge is 0.507 e. The summed E-state index contributed by atoms with van der Waals surface area (Å²) in [6, 6.07) is 20.4. The van der Waals surface area contributed by atoms with Crippen molar-refractivity contribution in [3.8, 4) is 0 Å². The average molecular weight is 461 g/mol. The highest BCUT2D eigenvalue weighted by atomic mass is 35.5. The maximum atomic E-state index is 13.3. The van der Waals surface area contributed by atoms with Crippen LogP contribution in [0.5, 0.6) is 0 Å². The smallest absolute Gasteiger partial charge is 0.161 e. The molecule has 0 bridgehead atoms. The van der Waals surface area contributed by atoms with Gasteiger partial charge in [-0.05, 0) is 42.5 Å². The van der Waals surface area contributed by atoms with Crippen LogP contribution >= 0.6 is 22.9 Å². The van der Waals surface area contributed by atoms with E-state index in [0.717, 1.165) is 17.0 Å². The number of nitrogens with zero attached hydrogens (tertiary/aromatic N) is 1. The molecule has 0 saturated carbocycles. The molecule has 2 heterocycles. The number of anilines is 1. The fourth-order valence-electron chi connectivity index (χ4n) is 4.58. The number of ketones is 1. The van der Waals surface area contributed by atoms with Crippen LogP contribution in [0.1, 0.15) is 35.6 Å². The van der Waals surface area contributed by atoms with Gasteiger partial charge >= 0.3 is 0 Å². The molecule has 0 amide bonds. The van der Waals surface area contributed by atoms with Gasteiger partial charge in [0.15, 0.2) is 5.78 Å². The van der Waals surface area contributed by atoms with Crippen molar-refractivity contribution in [2.24, 2.45) is 0 Å². The Labute approximate surface area is 195 Å². The van der Waals surface area contributed by atoms with Crippen molar-refractivity contribution in [3.05, 3.63) is 104 Å². The SMILES string of the molecule is N=C1/C(=C(/O)c2ccccc2)C(c2cccs2)C2=C(CCCC2=O)N1c1cccc(Cl)c1. The van der Waals surface area contributed by atoms with Crippen molar-refractivity contribution in [3.63, 3.8) is 0 Å². The van der Waals surface area contributed by atoms with Crippen LogP contribution in [0.3, 0.4) is 0 Å². The lowest BCUT2D eigenvalue weighted by molar-refractivity contribution is -0.116. The van der Waals surface area contributed by atoms with Gasteiger partial charge in [0.25, 0.3) is 0 Å². The Morgan fingerprint density at radius 1 is 1.06 bits per heavy atom. The van der Waals surface area contributed by atoms with E-state index in [4.69, 9.17) is 11.6 Å². The lowest BCUT2D eigenvalue weighted by Gasteiger charge is -2.41. The summed E-state index contributed by atoms with van der Waals surface area (Å²) < 4.78 is 0. The fourth-order valence-corrected chi connectivity index (χ4v) is 5.61. The number of hydrogen-bond donors (Lipinski definition) is 2. The number of aliphatic hydroxyl groups excluding tert-OH is 1. The number of amidine groups is 1. The average Bonchev–Trinajstić information content (AvgIpc) is 3.33. The molecule has 5 rings (SSSR count). The van der Waals surface area contributed by atoms with Crippen molar-refractivity contribution >= 4 is 46.0 Å². The van der Waals surface area contributed by atoms with E-state index in [1.165, 1.54) is 11.3 Å². The summed E-state index contributed by atoms with van der Waals surface area (Å²) in [5.41, 5.74) is 3.27. The van der Waals surface area contributed by atoms with Crippen LogP contribution in [0.25, 0.3) is 5.76 Å². The highest BCUT2D eigenvalue weighted by Gasteiger charge is 2.43. The first kappa shape index (κ1) is 20.7. The summed E-state index contributed by atoms with van der Waals surface area (Å²) in [6.07, 6.45) is 1.90. The minimum Gasteiger partial charge on any atom is -0.507 e. The Kier molecular flexibility index (Phi) is 5.45. The maximum Gasteiger partial charge on any atom is 0.161 e. The molecule has 2 N–H and O–H groups in total. The number of benzene rings is 2. The third kappa shape index (κ3) is 3.48. The van der Waals surface area contributed by atoms with E-state index in [0.29, 0.717) is 40.3 Å². The number of hydrogen-bond acceptors (Lipinski definition) is 4. The third-order valence-corrected chi connectivity index (χ3v) is 7.12. The molecule has 1 atom stereocenters. The number of allylic oxidation sites excluding steroid dienone is 2. The second-order valence-corrected chi connectivity index (χ2v) is 9.29. The molecule has 1 aliphatic heterocycles. The number of carbonyl (C=O) groups excluding carboxylic acids is 1. The highest BCUT2D eigenvalue weighted by Crippen LogP contribution is 2.48. The Morgan fingerprint density at radius 3 is 2.59 bits per heavy atom. The number of nitrogens with one attached hydrogen (secondary N) is 1. The molecule has 3 aromatic rings. The lowest BCUT2D eigenvalue weighted by atomic mass is 9.76. The van der Waals surface area contributed by atoms with E-state index in [2.05, 4.69) is 0 Å². The zero-order chi connectivity index (χ0) is 22.2. The summed E-state index contributed by atoms with van der Waals surface area (Å²) in [4.78, 5) is 16.0. The molecule has 0 fully saturated rings. The molecule has 1 unspecified atom stereocenters. The van der Waals surface area contributed by atoms with E-state index in [1.54, 1.807) is 17.0 Å². The Balaban J connectivity index is 1.82. The van der Waals surface area contributed by atoms with Crippen LogP contribution in [-0.2, 0) is 4.79 Å². The Hall–Kier alpha value is -3.15. The van der Waals surface area contributed by atoms with Gasteiger partial charge in [0.1, 0.15) is 11.6 Å². The summed E-state index contributed by atoms with van der Waals surface area (Å²) in [5.74, 6) is -0.213. The van der Waals surface area contributed by atoms with Crippen molar-refractivity contribution in [2.45, 2.75) is 25.2 Å². The minimum atomic E-state index is -0.471. The van der Waals surface area contributed by atoms with Gasteiger partial charge in [-0.15, -0.1) is 11.3 Å². The second kappa shape index (κ2) is 8.41. The van der Waals surface area contributed by atoms with Crippen LogP contribution in [0, 0.1) is 5.41 Å². The molecule has 4 nitrogen and oxygen atoms in total. The normalized spacial score (nSPS) is 20.4. The summed E-state index contributed by atoms with van der Waals surface area (Å²) >= 11 is 7.82. The van der Waals surface area contributed by atoms with Gasteiger partial charge in [0.05, 0.1) is 11.5 Å². The third-order valence-electron chi connectivity index (χ3n) is 5.95. The Morgan fingerprint density at radius 2 is 1.88 bits per heavy atom. The molecule has 160 valence electrons. The molecule has 2 aliphatic rings. The number of halogens is 1. The molecule has 0 spiro atoms. The van der Waals surface area contributed by atoms with Crippen LogP contribution in [0.15, 0.2) is 89.0 Å². The molecule has 0 saturated heterocycles. The number of carbonyl (C=O) groups is 1. The van der Waals surface area contributed by atoms with Gasteiger partial charge < -0.3 is 5.11 Å². The van der Waals surface area contributed by atoms with Crippen molar-refractivity contribution in [2.75, 3.05) is 4.90 Å². The molecule has 32 heavy (non-hydrogen) atoms. The zero-order valence-corrected chi connectivity index (χ0v) is 18.8. The molecule has 1 aliphatic carbocycles. The van der Waals surface area contributed by atoms with Crippen molar-refractivity contribution in [1.29, 1.82) is 5.41 Å². The second-order valence-electron chi connectivity index (χ2n) is 7.88. The predicted molar refractivity (Wildman–Crippen MR) is 131 cm³/mol. The van der Waals surface area contributed by atoms with E-state index >= 15 is 0 Å². The number of aliphatic hydroxyl groups is 1. The predicted octanol–water partition coefficient (Wildman–Crippen LogP) is 6.96. The quantitative estimate of drug-likeness (QED) is 0.415. The highest BCUT2D eigenvalue weighted by molar-refractivity contribution is 7.10. The fraction of sp³-hybridized carbons (Fsp3) is 0.154. The monoisotopic (exact) mass is 460 g/mol. The number of Topliss-reactive ketones (excluding diaryl/α,β-unsaturated/α-hetero) is 1. The molecule has 1 aromatic heterocycles. The number of thiophene rings is 1. The maximum absolute atomic E-state index is 13.3. The molecule has 0 radical (unpaired) electrons. The van der Waals surface area contributed by atoms with Gasteiger partial charge in [0, 0.05) is 38.8 Å². The molecular weight excluding hydrogens is 440 g/mol. The van der Waals surface area contributed by atoms with Gasteiger partial charge in [-0.1, -0.05) is 54.1 Å². The summed E-state index contributed by atoms with van der Waals surface area (Å²) in [6.45, 7) is 0. The van der Waals surface area contributed by atoms with Crippen molar-refractivity contribution < 1.29 is 9.90 Å². The number of rotatable bonds is 3. The van der Waals surface area contributed by atoms with Crippen molar-refractivity contribution in [1.82, 2.24) is 0 Å². The van der Waals surface area contributed by atoms with Crippen LogP contribution in [-0.4, -0.2) is 16.7 Å². The molecule has 2 aromatic carbocycles. The topological polar surface area (TPSA) is 64.4 Å². The molecule has 6 heteroatoms. The lowest BCUT2D eigenvalue weighted by Crippen LogP contribution is -2.42. The van der Waals surface area contributed by atoms with Gasteiger partial charge in [-0.25, -0.2) is 0 Å². The van der Waals surface area contributed by atoms with Crippen LogP contribution < -0.4 is 4.90 Å². The first-order valence-electron chi connectivity index (χ1n) is 10.5.